The molecule has 8 heteroatoms. The third kappa shape index (κ3) is 4.37. The molecule has 1 aromatic rings. The van der Waals surface area contributed by atoms with Crippen molar-refractivity contribution in [2.24, 2.45) is 0 Å². The van der Waals surface area contributed by atoms with Crippen molar-refractivity contribution in [3.63, 3.8) is 0 Å². The van der Waals surface area contributed by atoms with Gasteiger partial charge in [-0.1, -0.05) is 0 Å². The summed E-state index contributed by atoms with van der Waals surface area (Å²) in [6.07, 6.45) is 4.10. The molecule has 1 aromatic carbocycles. The maximum atomic E-state index is 12.4. The van der Waals surface area contributed by atoms with Gasteiger partial charge in [0.05, 0.1) is 10.5 Å². The molecule has 27 heavy (non-hydrogen) atoms. The zero-order valence-corrected chi connectivity index (χ0v) is 15.6. The summed E-state index contributed by atoms with van der Waals surface area (Å²) in [5.41, 5.74) is 0.496. The first-order chi connectivity index (χ1) is 13.0. The number of carbonyl (C=O) groups excluding carboxylic acids is 2. The molecule has 1 amide bonds. The van der Waals surface area contributed by atoms with Crippen LogP contribution in [0.25, 0.3) is 0 Å². The monoisotopic (exact) mass is 375 g/mol. The van der Waals surface area contributed by atoms with E-state index in [1.807, 2.05) is 4.90 Å². The molecule has 2 aliphatic heterocycles. The Kier molecular flexibility index (Phi) is 5.93. The first-order valence-electron chi connectivity index (χ1n) is 9.50. The number of carbonyl (C=O) groups is 2. The summed E-state index contributed by atoms with van der Waals surface area (Å²) in [5.74, 6) is -0.935. The van der Waals surface area contributed by atoms with Crippen LogP contribution < -0.4 is 4.90 Å². The van der Waals surface area contributed by atoms with Crippen molar-refractivity contribution in [3.05, 3.63) is 33.9 Å². The highest BCUT2D eigenvalue weighted by atomic mass is 16.6. The van der Waals surface area contributed by atoms with Crippen LogP contribution in [0.5, 0.6) is 0 Å². The van der Waals surface area contributed by atoms with E-state index in [0.29, 0.717) is 18.8 Å². The number of nitro groups is 1. The van der Waals surface area contributed by atoms with Crippen LogP contribution in [0.1, 0.15) is 49.4 Å². The average molecular weight is 375 g/mol. The standard InChI is InChI=1S/C19H25N3O5/c1-14(18(23)21-11-3-2-4-12-21)27-19(24)15-7-8-16(17(13-15)22(25)26)20-9-5-6-10-20/h7-8,13-14H,2-6,9-12H2,1H3/t14-/m0/s1. The number of nitrogens with zero attached hydrogens (tertiary/aromatic N) is 3. The quantitative estimate of drug-likeness (QED) is 0.446. The SMILES string of the molecule is C[C@H](OC(=O)c1ccc(N2CCCC2)c([N+](=O)[O-])c1)C(=O)N1CCCCC1. The smallest absolute Gasteiger partial charge is 0.339 e. The summed E-state index contributed by atoms with van der Waals surface area (Å²) in [5, 5.41) is 11.5. The molecule has 0 radical (unpaired) electrons. The lowest BCUT2D eigenvalue weighted by atomic mass is 10.1. The van der Waals surface area contributed by atoms with E-state index in [2.05, 4.69) is 0 Å². The molecule has 2 fully saturated rings. The Bertz CT molecular complexity index is 724. The van der Waals surface area contributed by atoms with Gasteiger partial charge >= 0.3 is 5.97 Å². The van der Waals surface area contributed by atoms with Crippen LogP contribution in [0, 0.1) is 10.1 Å². The van der Waals surface area contributed by atoms with Crippen LogP contribution >= 0.6 is 0 Å². The van der Waals surface area contributed by atoms with E-state index in [4.69, 9.17) is 4.74 Å². The summed E-state index contributed by atoms with van der Waals surface area (Å²) in [4.78, 5) is 39.5. The second-order valence-corrected chi connectivity index (χ2v) is 7.09. The molecule has 0 aliphatic carbocycles. The fraction of sp³-hybridized carbons (Fsp3) is 0.579. The van der Waals surface area contributed by atoms with Gasteiger partial charge in [0.15, 0.2) is 6.10 Å². The third-order valence-electron chi connectivity index (χ3n) is 5.15. The highest BCUT2D eigenvalue weighted by Gasteiger charge is 2.28. The number of piperidine rings is 1. The molecular formula is C19H25N3O5. The number of anilines is 1. The summed E-state index contributed by atoms with van der Waals surface area (Å²) in [6.45, 7) is 4.44. The second kappa shape index (κ2) is 8.37. The maximum absolute atomic E-state index is 12.4. The molecule has 0 N–H and O–H groups in total. The molecule has 8 nitrogen and oxygen atoms in total. The maximum Gasteiger partial charge on any atom is 0.339 e. The van der Waals surface area contributed by atoms with Crippen LogP contribution in [0.4, 0.5) is 11.4 Å². The minimum Gasteiger partial charge on any atom is -0.449 e. The Hall–Kier alpha value is -2.64. The Morgan fingerprint density at radius 1 is 1.07 bits per heavy atom. The number of hydrogen-bond donors (Lipinski definition) is 0. The Labute approximate surface area is 158 Å². The molecule has 0 spiro atoms. The largest absolute Gasteiger partial charge is 0.449 e. The number of rotatable bonds is 5. The van der Waals surface area contributed by atoms with Crippen molar-refractivity contribution in [1.29, 1.82) is 0 Å². The molecule has 146 valence electrons. The molecule has 0 saturated carbocycles. The van der Waals surface area contributed by atoms with Gasteiger partial charge in [-0.3, -0.25) is 14.9 Å². The van der Waals surface area contributed by atoms with Crippen molar-refractivity contribution in [2.75, 3.05) is 31.1 Å². The third-order valence-corrected chi connectivity index (χ3v) is 5.15. The molecule has 2 saturated heterocycles. The summed E-state index contributed by atoms with van der Waals surface area (Å²) < 4.78 is 5.29. The number of likely N-dealkylation sites (tertiary alicyclic amines) is 1. The van der Waals surface area contributed by atoms with Crippen molar-refractivity contribution < 1.29 is 19.2 Å². The number of hydrogen-bond acceptors (Lipinski definition) is 6. The lowest BCUT2D eigenvalue weighted by Gasteiger charge is -2.28. The van der Waals surface area contributed by atoms with Gasteiger partial charge in [-0.15, -0.1) is 0 Å². The molecule has 2 aliphatic rings. The highest BCUT2D eigenvalue weighted by molar-refractivity contribution is 5.93. The van der Waals surface area contributed by atoms with E-state index < -0.39 is 17.0 Å². The van der Waals surface area contributed by atoms with Crippen molar-refractivity contribution in [3.8, 4) is 0 Å². The van der Waals surface area contributed by atoms with E-state index in [9.17, 15) is 19.7 Å². The van der Waals surface area contributed by atoms with Gasteiger partial charge in [-0.05, 0) is 51.2 Å². The van der Waals surface area contributed by atoms with Gasteiger partial charge in [0.2, 0.25) is 0 Å². The normalized spacial score (nSPS) is 18.3. The first-order valence-corrected chi connectivity index (χ1v) is 9.50. The Balaban J connectivity index is 1.71. The molecule has 1 atom stereocenters. The minimum atomic E-state index is -0.909. The van der Waals surface area contributed by atoms with E-state index in [1.54, 1.807) is 17.9 Å². The van der Waals surface area contributed by atoms with E-state index in [-0.39, 0.29) is 17.2 Å². The van der Waals surface area contributed by atoms with Crippen LogP contribution in [0.15, 0.2) is 18.2 Å². The predicted octanol–water partition coefficient (Wildman–Crippen LogP) is 2.75. The number of nitro benzene ring substituents is 1. The van der Waals surface area contributed by atoms with Crippen molar-refractivity contribution in [1.82, 2.24) is 4.90 Å². The fourth-order valence-corrected chi connectivity index (χ4v) is 3.67. The summed E-state index contributed by atoms with van der Waals surface area (Å²) >= 11 is 0. The average Bonchev–Trinajstić information content (AvgIpc) is 3.22. The van der Waals surface area contributed by atoms with Crippen LogP contribution in [0.3, 0.4) is 0 Å². The van der Waals surface area contributed by atoms with Crippen LogP contribution in [-0.4, -0.2) is 54.0 Å². The van der Waals surface area contributed by atoms with Gasteiger partial charge in [-0.25, -0.2) is 4.79 Å². The minimum absolute atomic E-state index is 0.0861. The number of ether oxygens (including phenoxy) is 1. The van der Waals surface area contributed by atoms with E-state index >= 15 is 0 Å². The first kappa shape index (κ1) is 19.1. The molecule has 0 bridgehead atoms. The van der Waals surface area contributed by atoms with Crippen LogP contribution in [-0.2, 0) is 9.53 Å². The topological polar surface area (TPSA) is 93.0 Å². The van der Waals surface area contributed by atoms with Gasteiger partial charge in [-0.2, -0.15) is 0 Å². The second-order valence-electron chi connectivity index (χ2n) is 7.09. The summed E-state index contributed by atoms with van der Waals surface area (Å²) in [6, 6.07) is 4.37. The Morgan fingerprint density at radius 2 is 1.70 bits per heavy atom. The van der Waals surface area contributed by atoms with Crippen molar-refractivity contribution in [2.45, 2.75) is 45.1 Å². The van der Waals surface area contributed by atoms with Gasteiger partial charge in [0.25, 0.3) is 11.6 Å². The molecule has 0 aromatic heterocycles. The Morgan fingerprint density at radius 3 is 2.33 bits per heavy atom. The zero-order chi connectivity index (χ0) is 19.4. The number of esters is 1. The molecular weight excluding hydrogens is 350 g/mol. The molecule has 3 rings (SSSR count). The number of amides is 1. The number of benzene rings is 1. The predicted molar refractivity (Wildman–Crippen MR) is 99.9 cm³/mol. The van der Waals surface area contributed by atoms with Gasteiger partial charge in [0.1, 0.15) is 5.69 Å². The molecule has 2 heterocycles. The van der Waals surface area contributed by atoms with Gasteiger partial charge in [0, 0.05) is 32.2 Å². The fourth-order valence-electron chi connectivity index (χ4n) is 3.67. The lowest BCUT2D eigenvalue weighted by Crippen LogP contribution is -2.42. The summed E-state index contributed by atoms with van der Waals surface area (Å²) in [7, 11) is 0. The zero-order valence-electron chi connectivity index (χ0n) is 15.6. The molecule has 0 unspecified atom stereocenters. The van der Waals surface area contributed by atoms with Crippen LogP contribution in [0.2, 0.25) is 0 Å². The van der Waals surface area contributed by atoms with E-state index in [1.165, 1.54) is 12.1 Å². The van der Waals surface area contributed by atoms with Gasteiger partial charge < -0.3 is 14.5 Å². The van der Waals surface area contributed by atoms with E-state index in [0.717, 1.165) is 45.2 Å². The van der Waals surface area contributed by atoms with Crippen molar-refractivity contribution >= 4 is 23.3 Å². The lowest BCUT2D eigenvalue weighted by molar-refractivity contribution is -0.384. The highest BCUT2D eigenvalue weighted by Crippen LogP contribution is 2.32.